The summed E-state index contributed by atoms with van der Waals surface area (Å²) in [4.78, 5) is 14.9. The Bertz CT molecular complexity index is 1210. The average molecular weight is 549 g/mol. The molecule has 214 valence electrons. The monoisotopic (exact) mass is 548 g/mol. The Balaban J connectivity index is 1.25. The van der Waals surface area contributed by atoms with Gasteiger partial charge in [-0.3, -0.25) is 0 Å². The van der Waals surface area contributed by atoms with Gasteiger partial charge < -0.3 is 33.9 Å². The first kappa shape index (κ1) is 29.2. The predicted octanol–water partition coefficient (Wildman–Crippen LogP) is 5.45. The lowest BCUT2D eigenvalue weighted by atomic mass is 10.0. The third kappa shape index (κ3) is 7.67. The number of benzene rings is 3. The first-order valence-electron chi connectivity index (χ1n) is 13.9. The fourth-order valence-electron chi connectivity index (χ4n) is 4.83. The number of ether oxygens (including phenoxy) is 5. The van der Waals surface area contributed by atoms with Crippen molar-refractivity contribution in [1.82, 2.24) is 0 Å². The summed E-state index contributed by atoms with van der Waals surface area (Å²) < 4.78 is 28.2. The lowest BCUT2D eigenvalue weighted by molar-refractivity contribution is -0.243. The van der Waals surface area contributed by atoms with Crippen LogP contribution < -0.4 is 19.7 Å². The lowest BCUT2D eigenvalue weighted by Crippen LogP contribution is -2.47. The van der Waals surface area contributed by atoms with Crippen LogP contribution in [0, 0.1) is 0 Å². The fourth-order valence-corrected chi connectivity index (χ4v) is 4.83. The quantitative estimate of drug-likeness (QED) is 0.153. The van der Waals surface area contributed by atoms with Crippen LogP contribution >= 0.6 is 0 Å². The van der Waals surface area contributed by atoms with Gasteiger partial charge in [-0.2, -0.15) is 0 Å². The number of nitrogens with one attached hydrogen (secondary N) is 1. The minimum absolute atomic E-state index is 0.251. The van der Waals surface area contributed by atoms with Gasteiger partial charge in [0.1, 0.15) is 18.1 Å². The van der Waals surface area contributed by atoms with Crippen LogP contribution in [0.15, 0.2) is 72.8 Å². The number of hydrogen-bond donors (Lipinski definition) is 1. The summed E-state index contributed by atoms with van der Waals surface area (Å²) in [6.07, 6.45) is 1.18. The topological polar surface area (TPSA) is 78.5 Å². The van der Waals surface area contributed by atoms with Crippen LogP contribution in [0.4, 0.5) is 11.4 Å². The number of esters is 1. The SMILES string of the molecule is CCOC(Cc1cccc(NCc2ccc(OCCCN3CCOc4ccccc43)cc2)c1)(OCC)C(=O)OC. The molecular weight excluding hydrogens is 508 g/mol. The Morgan fingerprint density at radius 3 is 2.50 bits per heavy atom. The maximum atomic E-state index is 12.5. The van der Waals surface area contributed by atoms with E-state index in [-0.39, 0.29) is 6.42 Å². The molecule has 0 bridgehead atoms. The van der Waals surface area contributed by atoms with Gasteiger partial charge in [0.05, 0.1) is 25.9 Å². The molecule has 8 nitrogen and oxygen atoms in total. The summed E-state index contributed by atoms with van der Waals surface area (Å²) in [6, 6.07) is 24.2. The highest BCUT2D eigenvalue weighted by molar-refractivity contribution is 5.78. The van der Waals surface area contributed by atoms with E-state index in [1.54, 1.807) is 0 Å². The number of carbonyl (C=O) groups excluding carboxylic acids is 1. The standard InChI is InChI=1S/C32H40N2O6/c1-4-39-32(40-5-2,31(35)36-3)23-26-10-8-11-27(22-26)33-24-25-14-16-28(17-15-25)37-20-9-18-34-19-21-38-30-13-7-6-12-29(30)34/h6-8,10-17,22,33H,4-5,9,18-21,23-24H2,1-3H3. The summed E-state index contributed by atoms with van der Waals surface area (Å²) in [7, 11) is 1.34. The molecule has 0 spiro atoms. The van der Waals surface area contributed by atoms with Crippen LogP contribution in [0.5, 0.6) is 11.5 Å². The van der Waals surface area contributed by atoms with Gasteiger partial charge in [-0.25, -0.2) is 4.79 Å². The first-order chi connectivity index (χ1) is 19.6. The van der Waals surface area contributed by atoms with E-state index >= 15 is 0 Å². The van der Waals surface area contributed by atoms with Crippen molar-refractivity contribution in [3.8, 4) is 11.5 Å². The maximum Gasteiger partial charge on any atom is 0.366 e. The zero-order chi connectivity index (χ0) is 28.2. The molecule has 3 aromatic rings. The number of methoxy groups -OCH3 is 1. The molecule has 40 heavy (non-hydrogen) atoms. The Kier molecular flexibility index (Phi) is 10.7. The molecule has 0 saturated carbocycles. The van der Waals surface area contributed by atoms with Gasteiger partial charge in [-0.1, -0.05) is 36.4 Å². The van der Waals surface area contributed by atoms with Crippen molar-refractivity contribution in [2.75, 3.05) is 56.8 Å². The molecule has 0 fully saturated rings. The minimum atomic E-state index is -1.46. The highest BCUT2D eigenvalue weighted by Crippen LogP contribution is 2.31. The molecule has 1 heterocycles. The summed E-state index contributed by atoms with van der Waals surface area (Å²) in [6.45, 7) is 8.16. The Labute approximate surface area is 237 Å². The fraction of sp³-hybridized carbons (Fsp3) is 0.406. The number of nitrogens with zero attached hydrogens (tertiary/aromatic N) is 1. The summed E-state index contributed by atoms with van der Waals surface area (Å²) in [5.41, 5.74) is 4.13. The first-order valence-corrected chi connectivity index (χ1v) is 13.9. The van der Waals surface area contributed by atoms with Crippen LogP contribution in [-0.4, -0.2) is 58.4 Å². The van der Waals surface area contributed by atoms with E-state index in [1.165, 1.54) is 7.11 Å². The molecule has 4 rings (SSSR count). The van der Waals surface area contributed by atoms with Gasteiger partial charge in [0.25, 0.3) is 5.79 Å². The van der Waals surface area contributed by atoms with Crippen LogP contribution in [-0.2, 0) is 32.0 Å². The number of anilines is 2. The van der Waals surface area contributed by atoms with E-state index < -0.39 is 11.8 Å². The molecule has 0 aliphatic carbocycles. The van der Waals surface area contributed by atoms with Crippen molar-refractivity contribution >= 4 is 17.3 Å². The molecule has 0 unspecified atom stereocenters. The Morgan fingerprint density at radius 1 is 0.975 bits per heavy atom. The van der Waals surface area contributed by atoms with E-state index in [9.17, 15) is 4.79 Å². The molecule has 8 heteroatoms. The zero-order valence-electron chi connectivity index (χ0n) is 23.7. The number of hydrogen-bond acceptors (Lipinski definition) is 8. The van der Waals surface area contributed by atoms with E-state index in [0.29, 0.717) is 33.0 Å². The molecule has 1 N–H and O–H groups in total. The zero-order valence-corrected chi connectivity index (χ0v) is 23.7. The maximum absolute atomic E-state index is 12.5. The summed E-state index contributed by atoms with van der Waals surface area (Å²) in [5, 5.41) is 3.46. The molecule has 0 saturated heterocycles. The normalized spacial score (nSPS) is 12.8. The van der Waals surface area contributed by atoms with Crippen molar-refractivity contribution in [3.63, 3.8) is 0 Å². The number of para-hydroxylation sites is 2. The Morgan fingerprint density at radius 2 is 1.75 bits per heavy atom. The predicted molar refractivity (Wildman–Crippen MR) is 156 cm³/mol. The second-order valence-corrected chi connectivity index (χ2v) is 9.49. The van der Waals surface area contributed by atoms with Gasteiger partial charge in [-0.05, 0) is 67.8 Å². The second-order valence-electron chi connectivity index (χ2n) is 9.49. The van der Waals surface area contributed by atoms with Gasteiger partial charge in [0.2, 0.25) is 0 Å². The lowest BCUT2D eigenvalue weighted by Gasteiger charge is -2.31. The van der Waals surface area contributed by atoms with Gasteiger partial charge in [-0.15, -0.1) is 0 Å². The molecule has 0 aromatic heterocycles. The summed E-state index contributed by atoms with van der Waals surface area (Å²) in [5.74, 6) is -0.183. The van der Waals surface area contributed by atoms with Crippen LogP contribution in [0.2, 0.25) is 0 Å². The molecule has 3 aromatic carbocycles. The third-order valence-corrected chi connectivity index (χ3v) is 6.70. The Hall–Kier alpha value is -3.75. The third-order valence-electron chi connectivity index (χ3n) is 6.70. The molecule has 0 atom stereocenters. The summed E-state index contributed by atoms with van der Waals surface area (Å²) >= 11 is 0. The molecule has 1 aliphatic heterocycles. The largest absolute Gasteiger partial charge is 0.494 e. The highest BCUT2D eigenvalue weighted by atomic mass is 16.7. The van der Waals surface area contributed by atoms with Crippen LogP contribution in [0.25, 0.3) is 0 Å². The molecule has 0 radical (unpaired) electrons. The van der Waals surface area contributed by atoms with E-state index in [4.69, 9.17) is 23.7 Å². The van der Waals surface area contributed by atoms with Gasteiger partial charge in [0.15, 0.2) is 0 Å². The smallest absolute Gasteiger partial charge is 0.366 e. The molecule has 0 amide bonds. The van der Waals surface area contributed by atoms with Gasteiger partial charge in [0, 0.05) is 38.4 Å². The number of carbonyl (C=O) groups is 1. The number of fused-ring (bicyclic) bond motifs is 1. The van der Waals surface area contributed by atoms with Crippen molar-refractivity contribution in [2.45, 2.75) is 39.0 Å². The van der Waals surface area contributed by atoms with Crippen LogP contribution in [0.3, 0.4) is 0 Å². The van der Waals surface area contributed by atoms with E-state index in [1.807, 2.05) is 68.4 Å². The van der Waals surface area contributed by atoms with E-state index in [2.05, 4.69) is 28.4 Å². The molecule has 1 aliphatic rings. The van der Waals surface area contributed by atoms with E-state index in [0.717, 1.165) is 53.5 Å². The average Bonchev–Trinajstić information content (AvgIpc) is 2.99. The van der Waals surface area contributed by atoms with Crippen molar-refractivity contribution in [1.29, 1.82) is 0 Å². The molecular formula is C32H40N2O6. The van der Waals surface area contributed by atoms with Crippen molar-refractivity contribution in [3.05, 3.63) is 83.9 Å². The van der Waals surface area contributed by atoms with Crippen molar-refractivity contribution in [2.24, 2.45) is 0 Å². The highest BCUT2D eigenvalue weighted by Gasteiger charge is 2.42. The van der Waals surface area contributed by atoms with Crippen LogP contribution in [0.1, 0.15) is 31.4 Å². The number of rotatable bonds is 15. The minimum Gasteiger partial charge on any atom is -0.494 e. The van der Waals surface area contributed by atoms with Crippen molar-refractivity contribution < 1.29 is 28.5 Å². The second kappa shape index (κ2) is 14.6. The van der Waals surface area contributed by atoms with Gasteiger partial charge >= 0.3 is 5.97 Å².